The van der Waals surface area contributed by atoms with Crippen molar-refractivity contribution in [1.29, 1.82) is 0 Å². The zero-order chi connectivity index (χ0) is 28.2. The average molecular weight is 574 g/mol. The number of piperidine rings is 1. The maximum atomic E-state index is 13.9. The molecule has 0 spiro atoms. The predicted octanol–water partition coefficient (Wildman–Crippen LogP) is 6.80. The van der Waals surface area contributed by atoms with Gasteiger partial charge >= 0.3 is 0 Å². The summed E-state index contributed by atoms with van der Waals surface area (Å²) in [5.41, 5.74) is 1.49. The van der Waals surface area contributed by atoms with Crippen LogP contribution in [0.5, 0.6) is 5.75 Å². The number of carbonyl (C=O) groups is 1. The molecule has 0 bridgehead atoms. The molecule has 4 rings (SSSR count). The van der Waals surface area contributed by atoms with Gasteiger partial charge in [-0.3, -0.25) is 9.69 Å². The zero-order valence-corrected chi connectivity index (χ0v) is 25.2. The Bertz CT molecular complexity index is 1170. The minimum atomic E-state index is -0.368. The molecule has 1 aliphatic carbocycles. The Morgan fingerprint density at radius 3 is 2.64 bits per heavy atom. The fourth-order valence-corrected chi connectivity index (χ4v) is 7.19. The van der Waals surface area contributed by atoms with Gasteiger partial charge in [0.25, 0.3) is 0 Å². The monoisotopic (exact) mass is 572 g/mol. The maximum Gasteiger partial charge on any atom is 0.227 e. The van der Waals surface area contributed by atoms with Crippen molar-refractivity contribution < 1.29 is 14.3 Å². The van der Waals surface area contributed by atoms with E-state index in [-0.39, 0.29) is 23.0 Å². The van der Waals surface area contributed by atoms with Gasteiger partial charge < -0.3 is 14.4 Å². The van der Waals surface area contributed by atoms with Gasteiger partial charge in [-0.05, 0) is 73.5 Å². The molecule has 1 saturated heterocycles. The van der Waals surface area contributed by atoms with Gasteiger partial charge in [-0.1, -0.05) is 61.3 Å². The molecule has 1 amide bonds. The summed E-state index contributed by atoms with van der Waals surface area (Å²) in [7, 11) is 3.57. The average Bonchev–Trinajstić information content (AvgIpc) is 2.93. The molecular formula is C32H42Cl2N2O3. The molecule has 1 saturated carbocycles. The van der Waals surface area contributed by atoms with Crippen LogP contribution in [0, 0.1) is 5.92 Å². The van der Waals surface area contributed by atoms with E-state index >= 15 is 0 Å². The smallest absolute Gasteiger partial charge is 0.227 e. The number of rotatable bonds is 10. The number of hydrogen-bond donors (Lipinski definition) is 0. The molecule has 2 aliphatic rings. The van der Waals surface area contributed by atoms with Crippen LogP contribution in [0.4, 0.5) is 0 Å². The summed E-state index contributed by atoms with van der Waals surface area (Å²) >= 11 is 12.4. The second-order valence-corrected chi connectivity index (χ2v) is 12.4. The van der Waals surface area contributed by atoms with Gasteiger partial charge in [0, 0.05) is 38.2 Å². The van der Waals surface area contributed by atoms with E-state index < -0.39 is 0 Å². The molecule has 3 atom stereocenters. The van der Waals surface area contributed by atoms with Crippen LogP contribution in [-0.2, 0) is 21.4 Å². The van der Waals surface area contributed by atoms with Gasteiger partial charge in [-0.2, -0.15) is 0 Å². The molecule has 5 nitrogen and oxygen atoms in total. The number of amides is 1. The van der Waals surface area contributed by atoms with E-state index in [1.54, 1.807) is 19.2 Å². The summed E-state index contributed by atoms with van der Waals surface area (Å²) in [6.45, 7) is 11.6. The third-order valence-corrected chi connectivity index (χ3v) is 9.47. The Hall–Kier alpha value is -2.05. The number of nitrogens with zero attached hydrogens (tertiary/aromatic N) is 2. The summed E-state index contributed by atoms with van der Waals surface area (Å²) in [5.74, 6) is 1.32. The number of methoxy groups -OCH3 is 2. The first kappa shape index (κ1) is 29.9. The molecule has 2 aromatic carbocycles. The van der Waals surface area contributed by atoms with Gasteiger partial charge in [0.2, 0.25) is 5.91 Å². The molecule has 39 heavy (non-hydrogen) atoms. The highest BCUT2D eigenvalue weighted by atomic mass is 35.5. The molecule has 2 aromatic rings. The zero-order valence-electron chi connectivity index (χ0n) is 23.7. The Labute approximate surface area is 244 Å². The summed E-state index contributed by atoms with van der Waals surface area (Å²) in [5, 5.41) is 0.973. The maximum absolute atomic E-state index is 13.9. The molecule has 7 heteroatoms. The number of ether oxygens (including phenoxy) is 2. The summed E-state index contributed by atoms with van der Waals surface area (Å²) < 4.78 is 12.2. The van der Waals surface area contributed by atoms with E-state index in [1.165, 1.54) is 5.56 Å². The minimum absolute atomic E-state index is 0.100. The molecule has 0 aromatic heterocycles. The highest BCUT2D eigenvalue weighted by Gasteiger charge is 2.59. The van der Waals surface area contributed by atoms with Crippen LogP contribution in [0.2, 0.25) is 10.0 Å². The predicted molar refractivity (Wildman–Crippen MR) is 160 cm³/mol. The van der Waals surface area contributed by atoms with Crippen LogP contribution in [0.25, 0.3) is 0 Å². The van der Waals surface area contributed by atoms with Crippen molar-refractivity contribution in [2.24, 2.45) is 5.92 Å². The van der Waals surface area contributed by atoms with E-state index in [4.69, 9.17) is 32.7 Å². The number of likely N-dealkylation sites (tertiary alicyclic amines) is 1. The highest BCUT2D eigenvalue weighted by molar-refractivity contribution is 6.42. The number of halogens is 2. The Morgan fingerprint density at radius 1 is 1.18 bits per heavy atom. The van der Waals surface area contributed by atoms with Gasteiger partial charge in [0.05, 0.1) is 29.2 Å². The lowest BCUT2D eigenvalue weighted by Crippen LogP contribution is -2.68. The van der Waals surface area contributed by atoms with Crippen molar-refractivity contribution in [3.05, 3.63) is 76.3 Å². The van der Waals surface area contributed by atoms with Crippen molar-refractivity contribution in [3.63, 3.8) is 0 Å². The lowest BCUT2D eigenvalue weighted by Gasteiger charge is -2.60. The van der Waals surface area contributed by atoms with E-state index in [0.29, 0.717) is 28.9 Å². The summed E-state index contributed by atoms with van der Waals surface area (Å²) in [4.78, 5) is 18.5. The lowest BCUT2D eigenvalue weighted by atomic mass is 9.55. The number of fused-ring (bicyclic) bond motifs is 1. The van der Waals surface area contributed by atoms with Gasteiger partial charge in [0.15, 0.2) is 0 Å². The molecule has 0 N–H and O–H groups in total. The standard InChI is InChI=1S/C32H42Cl2N2O3/c1-6-15-35-16-14-31(25-8-7-9-27(19-25)38-4)20-26(12-13-32(31,22-35)39-5)36(21-23(2)3)30(37)18-24-10-11-28(33)29(34)17-24/h6-11,17,19,23,26H,1,12-16,18,20-22H2,2-5H3/t26-,31-,32-/m0/s1. The van der Waals surface area contributed by atoms with Crippen molar-refractivity contribution >= 4 is 29.1 Å². The number of carbonyl (C=O) groups excluding carboxylic acids is 1. The van der Waals surface area contributed by atoms with E-state index in [1.807, 2.05) is 25.3 Å². The third-order valence-electron chi connectivity index (χ3n) is 8.73. The van der Waals surface area contributed by atoms with E-state index in [2.05, 4.69) is 48.4 Å². The molecule has 212 valence electrons. The fraction of sp³-hybridized carbons (Fsp3) is 0.531. The first-order valence-electron chi connectivity index (χ1n) is 13.9. The largest absolute Gasteiger partial charge is 0.497 e. The topological polar surface area (TPSA) is 42.0 Å². The molecule has 0 unspecified atom stereocenters. The van der Waals surface area contributed by atoms with Crippen molar-refractivity contribution in [2.45, 2.75) is 63.0 Å². The minimum Gasteiger partial charge on any atom is -0.497 e. The Morgan fingerprint density at radius 2 is 1.97 bits per heavy atom. The van der Waals surface area contributed by atoms with Crippen molar-refractivity contribution in [2.75, 3.05) is 40.4 Å². The molecule has 1 aliphatic heterocycles. The second-order valence-electron chi connectivity index (χ2n) is 11.5. The molecular weight excluding hydrogens is 531 g/mol. The van der Waals surface area contributed by atoms with Crippen LogP contribution in [0.1, 0.15) is 50.7 Å². The first-order chi connectivity index (χ1) is 18.7. The normalized spacial score (nSPS) is 25.3. The van der Waals surface area contributed by atoms with Crippen LogP contribution in [0.3, 0.4) is 0 Å². The van der Waals surface area contributed by atoms with E-state index in [9.17, 15) is 4.79 Å². The molecule has 1 heterocycles. The van der Waals surface area contributed by atoms with Crippen LogP contribution >= 0.6 is 23.2 Å². The molecule has 2 fully saturated rings. The number of benzene rings is 2. The lowest BCUT2D eigenvalue weighted by molar-refractivity contribution is -0.161. The first-order valence-corrected chi connectivity index (χ1v) is 14.7. The van der Waals surface area contributed by atoms with Gasteiger partial charge in [-0.25, -0.2) is 0 Å². The molecule has 0 radical (unpaired) electrons. The van der Waals surface area contributed by atoms with Gasteiger partial charge in [-0.15, -0.1) is 6.58 Å². The summed E-state index contributed by atoms with van der Waals surface area (Å²) in [6.07, 6.45) is 5.81. The van der Waals surface area contributed by atoms with Crippen LogP contribution in [0.15, 0.2) is 55.1 Å². The van der Waals surface area contributed by atoms with Crippen molar-refractivity contribution in [1.82, 2.24) is 9.80 Å². The van der Waals surface area contributed by atoms with Crippen LogP contribution in [-0.4, -0.2) is 67.7 Å². The fourth-order valence-electron chi connectivity index (χ4n) is 6.86. The summed E-state index contributed by atoms with van der Waals surface area (Å²) in [6, 6.07) is 14.0. The highest BCUT2D eigenvalue weighted by Crippen LogP contribution is 2.54. The van der Waals surface area contributed by atoms with Crippen LogP contribution < -0.4 is 4.74 Å². The Balaban J connectivity index is 1.71. The van der Waals surface area contributed by atoms with Crippen molar-refractivity contribution in [3.8, 4) is 5.75 Å². The quantitative estimate of drug-likeness (QED) is 0.294. The second kappa shape index (κ2) is 12.6. The van der Waals surface area contributed by atoms with E-state index in [0.717, 1.165) is 56.6 Å². The SMILES string of the molecule is C=CCN1CC[C@@]2(c3cccc(OC)c3)C[C@@H](N(CC(C)C)C(=O)Cc3ccc(Cl)c(Cl)c3)CC[C@]2(OC)C1. The third kappa shape index (κ3) is 6.17. The number of hydrogen-bond acceptors (Lipinski definition) is 4. The Kier molecular flexibility index (Phi) is 9.69. The van der Waals surface area contributed by atoms with Gasteiger partial charge in [0.1, 0.15) is 5.75 Å².